The summed E-state index contributed by atoms with van der Waals surface area (Å²) in [6, 6.07) is 24.2. The summed E-state index contributed by atoms with van der Waals surface area (Å²) >= 11 is 0. The zero-order valence-electron chi connectivity index (χ0n) is 17.6. The lowest BCUT2D eigenvalue weighted by molar-refractivity contribution is -0.384. The van der Waals surface area contributed by atoms with E-state index in [4.69, 9.17) is 9.15 Å². The molecule has 33 heavy (non-hydrogen) atoms. The summed E-state index contributed by atoms with van der Waals surface area (Å²) in [5, 5.41) is 14.8. The van der Waals surface area contributed by atoms with Gasteiger partial charge in [-0.15, -0.1) is 0 Å². The van der Waals surface area contributed by atoms with Crippen LogP contribution in [0.2, 0.25) is 0 Å². The number of methoxy groups -OCH3 is 1. The van der Waals surface area contributed by atoms with E-state index >= 15 is 0 Å². The predicted octanol–water partition coefficient (Wildman–Crippen LogP) is 5.63. The smallest absolute Gasteiger partial charge is 0.280 e. The lowest BCUT2D eigenvalue weighted by Gasteiger charge is -2.36. The second-order valence-corrected chi connectivity index (χ2v) is 7.44. The van der Waals surface area contributed by atoms with Gasteiger partial charge < -0.3 is 14.5 Å². The molecular weight excluding hydrogens is 422 g/mol. The van der Waals surface area contributed by atoms with E-state index in [9.17, 15) is 14.9 Å². The number of ether oxygens (including phenoxy) is 1. The van der Waals surface area contributed by atoms with Gasteiger partial charge in [0.05, 0.1) is 23.2 Å². The van der Waals surface area contributed by atoms with E-state index in [-0.39, 0.29) is 11.6 Å². The molecule has 1 aromatic heterocycles. The van der Waals surface area contributed by atoms with Crippen LogP contribution in [0.3, 0.4) is 0 Å². The van der Waals surface area contributed by atoms with Crippen molar-refractivity contribution in [1.29, 1.82) is 0 Å². The van der Waals surface area contributed by atoms with Crippen LogP contribution in [0.15, 0.2) is 89.3 Å². The minimum Gasteiger partial charge on any atom is -0.497 e. The summed E-state index contributed by atoms with van der Waals surface area (Å²) in [4.78, 5) is 26.1. The van der Waals surface area contributed by atoms with Crippen molar-refractivity contribution in [3.8, 4) is 17.1 Å². The Morgan fingerprint density at radius 1 is 0.939 bits per heavy atom. The van der Waals surface area contributed by atoms with Gasteiger partial charge in [-0.2, -0.15) is 0 Å². The maximum atomic E-state index is 13.5. The fourth-order valence-corrected chi connectivity index (χ4v) is 3.95. The molecule has 1 aliphatic rings. The first-order chi connectivity index (χ1) is 16.1. The predicted molar refractivity (Wildman–Crippen MR) is 123 cm³/mol. The molecule has 0 aliphatic carbocycles. The number of carbonyl (C=O) groups excluding carboxylic acids is 1. The molecule has 8 nitrogen and oxygen atoms in total. The molecule has 1 N–H and O–H groups in total. The number of benzene rings is 3. The topological polar surface area (TPSA) is 97.8 Å². The van der Waals surface area contributed by atoms with E-state index in [1.165, 1.54) is 6.07 Å². The van der Waals surface area contributed by atoms with Crippen LogP contribution in [0, 0.1) is 10.1 Å². The number of rotatable bonds is 5. The van der Waals surface area contributed by atoms with Crippen LogP contribution in [0.5, 0.6) is 5.75 Å². The third kappa shape index (κ3) is 3.57. The molecular formula is C25H19N3O5. The highest BCUT2D eigenvalue weighted by atomic mass is 16.6. The van der Waals surface area contributed by atoms with Crippen LogP contribution >= 0.6 is 0 Å². The second-order valence-electron chi connectivity index (χ2n) is 7.44. The standard InChI is InChI=1S/C25H19N3O5/c1-32-17-12-10-16(11-13-17)27-24(26-20-8-4-2-6-18(20)25(27)29)23-15-14-22(33-23)19-7-3-5-9-21(19)28(30)31/h2-15,24,26H,1H3/t24-/m0/s1. The summed E-state index contributed by atoms with van der Waals surface area (Å²) in [6.07, 6.45) is -0.655. The monoisotopic (exact) mass is 441 g/mol. The average Bonchev–Trinajstić information content (AvgIpc) is 3.34. The largest absolute Gasteiger partial charge is 0.497 e. The number of carbonyl (C=O) groups is 1. The SMILES string of the molecule is COc1ccc(N2C(=O)c3ccccc3N[C@@H]2c2ccc(-c3ccccc3[N+](=O)[O-])o2)cc1. The molecule has 0 spiro atoms. The maximum absolute atomic E-state index is 13.5. The molecule has 1 aliphatic heterocycles. The van der Waals surface area contributed by atoms with Crippen LogP contribution in [0.4, 0.5) is 17.1 Å². The van der Waals surface area contributed by atoms with Gasteiger partial charge in [0, 0.05) is 17.4 Å². The molecule has 0 fully saturated rings. The minimum atomic E-state index is -0.655. The van der Waals surface area contributed by atoms with E-state index in [2.05, 4.69) is 5.32 Å². The molecule has 8 heteroatoms. The van der Waals surface area contributed by atoms with Gasteiger partial charge >= 0.3 is 0 Å². The first kappa shape index (κ1) is 20.3. The number of amides is 1. The van der Waals surface area contributed by atoms with E-state index in [0.717, 1.165) is 0 Å². The second kappa shape index (κ2) is 8.16. The van der Waals surface area contributed by atoms with Crippen molar-refractivity contribution in [2.75, 3.05) is 17.3 Å². The van der Waals surface area contributed by atoms with Crippen LogP contribution in [-0.4, -0.2) is 17.9 Å². The van der Waals surface area contributed by atoms with Crippen LogP contribution in [0.25, 0.3) is 11.3 Å². The van der Waals surface area contributed by atoms with Crippen molar-refractivity contribution >= 4 is 23.0 Å². The van der Waals surface area contributed by atoms with Gasteiger partial charge in [0.15, 0.2) is 6.17 Å². The van der Waals surface area contributed by atoms with Crippen molar-refractivity contribution < 1.29 is 18.9 Å². The number of para-hydroxylation sites is 2. The summed E-state index contributed by atoms with van der Waals surface area (Å²) in [7, 11) is 1.58. The van der Waals surface area contributed by atoms with Crippen molar-refractivity contribution in [3.05, 3.63) is 106 Å². The number of nitro groups is 1. The Morgan fingerprint density at radius 2 is 1.64 bits per heavy atom. The van der Waals surface area contributed by atoms with Gasteiger partial charge in [0.2, 0.25) is 0 Å². The zero-order chi connectivity index (χ0) is 22.9. The molecule has 1 atom stereocenters. The summed E-state index contributed by atoms with van der Waals surface area (Å²) in [6.45, 7) is 0. The highest BCUT2D eigenvalue weighted by molar-refractivity contribution is 6.12. The quantitative estimate of drug-likeness (QED) is 0.318. The fourth-order valence-electron chi connectivity index (χ4n) is 3.95. The number of fused-ring (bicyclic) bond motifs is 1. The first-order valence-corrected chi connectivity index (χ1v) is 10.2. The number of hydrogen-bond donors (Lipinski definition) is 1. The van der Waals surface area contributed by atoms with Gasteiger partial charge in [-0.3, -0.25) is 19.8 Å². The molecule has 0 saturated heterocycles. The first-order valence-electron chi connectivity index (χ1n) is 10.2. The van der Waals surface area contributed by atoms with Crippen molar-refractivity contribution in [2.24, 2.45) is 0 Å². The minimum absolute atomic E-state index is 0.0524. The lowest BCUT2D eigenvalue weighted by Crippen LogP contribution is -2.43. The van der Waals surface area contributed by atoms with Gasteiger partial charge in [-0.1, -0.05) is 24.3 Å². The fraction of sp³-hybridized carbons (Fsp3) is 0.0800. The van der Waals surface area contributed by atoms with Crippen LogP contribution in [-0.2, 0) is 0 Å². The third-order valence-electron chi connectivity index (χ3n) is 5.54. The molecule has 2 heterocycles. The molecule has 0 bridgehead atoms. The number of anilines is 2. The molecule has 0 unspecified atom stereocenters. The molecule has 0 radical (unpaired) electrons. The molecule has 3 aromatic carbocycles. The Hall–Kier alpha value is -4.59. The third-order valence-corrected chi connectivity index (χ3v) is 5.54. The van der Waals surface area contributed by atoms with E-state index in [0.29, 0.717) is 39.8 Å². The Kier molecular flexibility index (Phi) is 5.02. The van der Waals surface area contributed by atoms with E-state index < -0.39 is 11.1 Å². The highest BCUT2D eigenvalue weighted by Crippen LogP contribution is 2.39. The molecule has 5 rings (SSSR count). The maximum Gasteiger partial charge on any atom is 0.280 e. The number of nitrogens with zero attached hydrogens (tertiary/aromatic N) is 2. The summed E-state index contributed by atoms with van der Waals surface area (Å²) in [5.74, 6) is 1.27. The summed E-state index contributed by atoms with van der Waals surface area (Å²) < 4.78 is 11.3. The van der Waals surface area contributed by atoms with Gasteiger partial charge in [0.25, 0.3) is 11.6 Å². The molecule has 0 saturated carbocycles. The average molecular weight is 441 g/mol. The Bertz CT molecular complexity index is 1350. The van der Waals surface area contributed by atoms with Gasteiger partial charge in [-0.05, 0) is 54.6 Å². The Labute approximate surface area is 189 Å². The summed E-state index contributed by atoms with van der Waals surface area (Å²) in [5.41, 5.74) is 2.18. The Balaban J connectivity index is 1.60. The number of nitro benzene ring substituents is 1. The number of nitrogens with one attached hydrogen (secondary N) is 1. The van der Waals surface area contributed by atoms with Gasteiger partial charge in [0.1, 0.15) is 17.3 Å². The lowest BCUT2D eigenvalue weighted by atomic mass is 10.1. The molecule has 4 aromatic rings. The molecule has 1 amide bonds. The van der Waals surface area contributed by atoms with Crippen molar-refractivity contribution in [1.82, 2.24) is 0 Å². The van der Waals surface area contributed by atoms with Crippen LogP contribution < -0.4 is 15.0 Å². The Morgan fingerprint density at radius 3 is 2.36 bits per heavy atom. The van der Waals surface area contributed by atoms with Crippen molar-refractivity contribution in [3.63, 3.8) is 0 Å². The number of hydrogen-bond acceptors (Lipinski definition) is 6. The van der Waals surface area contributed by atoms with Gasteiger partial charge in [-0.25, -0.2) is 0 Å². The highest BCUT2D eigenvalue weighted by Gasteiger charge is 2.36. The van der Waals surface area contributed by atoms with Crippen LogP contribution in [0.1, 0.15) is 22.3 Å². The van der Waals surface area contributed by atoms with E-state index in [1.807, 2.05) is 18.2 Å². The normalized spacial score (nSPS) is 15.0. The van der Waals surface area contributed by atoms with Crippen molar-refractivity contribution in [2.45, 2.75) is 6.17 Å². The van der Waals surface area contributed by atoms with E-state index in [1.54, 1.807) is 72.7 Å². The zero-order valence-corrected chi connectivity index (χ0v) is 17.6. The molecule has 164 valence electrons. The number of furan rings is 1.